The van der Waals surface area contributed by atoms with Crippen molar-refractivity contribution in [3.63, 3.8) is 0 Å². The van der Waals surface area contributed by atoms with Gasteiger partial charge in [0.15, 0.2) is 0 Å². The number of likely N-dealkylation sites (N-methyl/N-ethyl adjacent to an activating group) is 1. The van der Waals surface area contributed by atoms with E-state index in [0.29, 0.717) is 5.56 Å². The number of hydrogen-bond acceptors (Lipinski definition) is 3. The van der Waals surface area contributed by atoms with Crippen molar-refractivity contribution in [1.82, 2.24) is 4.90 Å². The van der Waals surface area contributed by atoms with Crippen molar-refractivity contribution in [3.05, 3.63) is 29.8 Å². The fourth-order valence-electron chi connectivity index (χ4n) is 2.26. The first kappa shape index (κ1) is 11.9. The summed E-state index contributed by atoms with van der Waals surface area (Å²) >= 11 is 0. The predicted molar refractivity (Wildman–Crippen MR) is 69.3 cm³/mol. The molecule has 1 aliphatic rings. The third-order valence-electron chi connectivity index (χ3n) is 3.33. The highest BCUT2D eigenvalue weighted by molar-refractivity contribution is 5.98. The van der Waals surface area contributed by atoms with E-state index in [9.17, 15) is 4.79 Å². The van der Waals surface area contributed by atoms with Crippen LogP contribution in [0.1, 0.15) is 17.3 Å². The van der Waals surface area contributed by atoms with Crippen molar-refractivity contribution >= 4 is 11.6 Å². The van der Waals surface area contributed by atoms with Crippen LogP contribution < -0.4 is 10.6 Å². The van der Waals surface area contributed by atoms with Crippen LogP contribution in [0.3, 0.4) is 0 Å². The van der Waals surface area contributed by atoms with Gasteiger partial charge in [-0.25, -0.2) is 0 Å². The Labute approximate surface area is 102 Å². The average molecular weight is 233 g/mol. The smallest absolute Gasteiger partial charge is 0.250 e. The molecule has 92 valence electrons. The van der Waals surface area contributed by atoms with Crippen molar-refractivity contribution in [2.75, 3.05) is 37.6 Å². The van der Waals surface area contributed by atoms with E-state index in [1.807, 2.05) is 18.2 Å². The van der Waals surface area contributed by atoms with Crippen LogP contribution in [0.4, 0.5) is 5.69 Å². The molecular formula is C13H19N3O. The Morgan fingerprint density at radius 2 is 1.88 bits per heavy atom. The topological polar surface area (TPSA) is 49.6 Å². The largest absolute Gasteiger partial charge is 0.368 e. The first-order valence-electron chi connectivity index (χ1n) is 6.08. The molecule has 4 heteroatoms. The summed E-state index contributed by atoms with van der Waals surface area (Å²) in [6.45, 7) is 7.27. The van der Waals surface area contributed by atoms with Crippen molar-refractivity contribution in [2.45, 2.75) is 6.92 Å². The summed E-state index contributed by atoms with van der Waals surface area (Å²) in [6.07, 6.45) is 0. The quantitative estimate of drug-likeness (QED) is 0.845. The number of carbonyl (C=O) groups is 1. The minimum absolute atomic E-state index is 0.349. The molecule has 1 aromatic rings. The van der Waals surface area contributed by atoms with Crippen molar-refractivity contribution < 1.29 is 4.79 Å². The van der Waals surface area contributed by atoms with Crippen molar-refractivity contribution in [2.24, 2.45) is 5.73 Å². The molecule has 1 aliphatic heterocycles. The molecule has 0 aromatic heterocycles. The monoisotopic (exact) mass is 233 g/mol. The summed E-state index contributed by atoms with van der Waals surface area (Å²) in [5.74, 6) is -0.349. The highest BCUT2D eigenvalue weighted by atomic mass is 16.1. The van der Waals surface area contributed by atoms with Crippen LogP contribution in [0.25, 0.3) is 0 Å². The number of benzene rings is 1. The summed E-state index contributed by atoms with van der Waals surface area (Å²) in [5, 5.41) is 0. The highest BCUT2D eigenvalue weighted by Gasteiger charge is 2.19. The third-order valence-corrected chi connectivity index (χ3v) is 3.33. The molecular weight excluding hydrogens is 214 g/mol. The maximum absolute atomic E-state index is 11.4. The van der Waals surface area contributed by atoms with E-state index in [-0.39, 0.29) is 5.91 Å². The van der Waals surface area contributed by atoms with Gasteiger partial charge in [0.05, 0.1) is 5.56 Å². The molecule has 2 N–H and O–H groups in total. The van der Waals surface area contributed by atoms with Gasteiger partial charge in [0.2, 0.25) is 0 Å². The van der Waals surface area contributed by atoms with Gasteiger partial charge in [-0.05, 0) is 18.7 Å². The predicted octanol–water partition coefficient (Wildman–Crippen LogP) is 0.927. The van der Waals surface area contributed by atoms with Crippen LogP contribution in [-0.4, -0.2) is 43.5 Å². The van der Waals surface area contributed by atoms with Gasteiger partial charge in [-0.3, -0.25) is 4.79 Å². The zero-order valence-corrected chi connectivity index (χ0v) is 10.2. The normalized spacial score (nSPS) is 17.1. The van der Waals surface area contributed by atoms with Gasteiger partial charge < -0.3 is 15.5 Å². The lowest BCUT2D eigenvalue weighted by Gasteiger charge is -2.36. The first-order valence-corrected chi connectivity index (χ1v) is 6.08. The van der Waals surface area contributed by atoms with Crippen LogP contribution >= 0.6 is 0 Å². The van der Waals surface area contributed by atoms with Crippen LogP contribution in [0.15, 0.2) is 24.3 Å². The van der Waals surface area contributed by atoms with Crippen molar-refractivity contribution in [1.29, 1.82) is 0 Å². The van der Waals surface area contributed by atoms with E-state index in [2.05, 4.69) is 16.7 Å². The lowest BCUT2D eigenvalue weighted by Crippen LogP contribution is -2.46. The van der Waals surface area contributed by atoms with Gasteiger partial charge in [0, 0.05) is 31.9 Å². The van der Waals surface area contributed by atoms with E-state index < -0.39 is 0 Å². The second kappa shape index (κ2) is 5.19. The molecule has 0 aliphatic carbocycles. The van der Waals surface area contributed by atoms with Gasteiger partial charge in [-0.1, -0.05) is 19.1 Å². The summed E-state index contributed by atoms with van der Waals surface area (Å²) in [7, 11) is 0. The maximum Gasteiger partial charge on any atom is 0.250 e. The molecule has 1 fully saturated rings. The number of rotatable bonds is 3. The summed E-state index contributed by atoms with van der Waals surface area (Å²) in [4.78, 5) is 16.0. The molecule has 17 heavy (non-hydrogen) atoms. The Bertz CT molecular complexity index is 397. The van der Waals surface area contributed by atoms with Crippen LogP contribution in [-0.2, 0) is 0 Å². The standard InChI is InChI=1S/C13H19N3O/c1-2-15-7-9-16(10-8-15)12-6-4-3-5-11(12)13(14)17/h3-6H,2,7-10H2,1H3,(H2,14,17). The van der Waals surface area contributed by atoms with Gasteiger partial charge in [0.25, 0.3) is 5.91 Å². The molecule has 4 nitrogen and oxygen atoms in total. The van der Waals surface area contributed by atoms with Gasteiger partial charge >= 0.3 is 0 Å². The van der Waals surface area contributed by atoms with Crippen molar-refractivity contribution in [3.8, 4) is 0 Å². The van der Waals surface area contributed by atoms with Crippen LogP contribution in [0.5, 0.6) is 0 Å². The molecule has 0 radical (unpaired) electrons. The number of carbonyl (C=O) groups excluding carboxylic acids is 1. The Kier molecular flexibility index (Phi) is 3.64. The van der Waals surface area contributed by atoms with E-state index in [1.165, 1.54) is 0 Å². The molecule has 2 rings (SSSR count). The second-order valence-electron chi connectivity index (χ2n) is 4.30. The van der Waals surface area contributed by atoms with Crippen LogP contribution in [0, 0.1) is 0 Å². The van der Waals surface area contributed by atoms with Crippen LogP contribution in [0.2, 0.25) is 0 Å². The zero-order chi connectivity index (χ0) is 12.3. The van der Waals surface area contributed by atoms with E-state index in [4.69, 9.17) is 5.73 Å². The molecule has 1 amide bonds. The summed E-state index contributed by atoms with van der Waals surface area (Å²) in [6, 6.07) is 7.57. The third kappa shape index (κ3) is 2.58. The maximum atomic E-state index is 11.4. The average Bonchev–Trinajstić information content (AvgIpc) is 2.39. The number of nitrogens with two attached hydrogens (primary N) is 1. The minimum Gasteiger partial charge on any atom is -0.368 e. The molecule has 0 unspecified atom stereocenters. The van der Waals surface area contributed by atoms with Gasteiger partial charge in [-0.2, -0.15) is 0 Å². The van der Waals surface area contributed by atoms with E-state index in [1.54, 1.807) is 6.07 Å². The van der Waals surface area contributed by atoms with Gasteiger partial charge in [-0.15, -0.1) is 0 Å². The number of piperazine rings is 1. The molecule has 0 saturated carbocycles. The highest BCUT2D eigenvalue weighted by Crippen LogP contribution is 2.21. The fraction of sp³-hybridized carbons (Fsp3) is 0.462. The van der Waals surface area contributed by atoms with E-state index >= 15 is 0 Å². The minimum atomic E-state index is -0.349. The molecule has 0 atom stereocenters. The molecule has 1 heterocycles. The molecule has 1 aromatic carbocycles. The molecule has 0 spiro atoms. The Hall–Kier alpha value is -1.55. The summed E-state index contributed by atoms with van der Waals surface area (Å²) in [5.41, 5.74) is 6.99. The lowest BCUT2D eigenvalue weighted by molar-refractivity contribution is 0.100. The van der Waals surface area contributed by atoms with E-state index in [0.717, 1.165) is 38.4 Å². The fourth-order valence-corrected chi connectivity index (χ4v) is 2.26. The first-order chi connectivity index (χ1) is 8.22. The lowest BCUT2D eigenvalue weighted by atomic mass is 10.1. The Morgan fingerprint density at radius 1 is 1.24 bits per heavy atom. The van der Waals surface area contributed by atoms with Gasteiger partial charge in [0.1, 0.15) is 0 Å². The Morgan fingerprint density at radius 3 is 2.47 bits per heavy atom. The SMILES string of the molecule is CCN1CCN(c2ccccc2C(N)=O)CC1. The number of primary amides is 1. The molecule has 0 bridgehead atoms. The number of amides is 1. The number of para-hydroxylation sites is 1. The number of anilines is 1. The second-order valence-corrected chi connectivity index (χ2v) is 4.30. The molecule has 1 saturated heterocycles. The zero-order valence-electron chi connectivity index (χ0n) is 10.2. The Balaban J connectivity index is 2.15. The number of hydrogen-bond donors (Lipinski definition) is 1. The summed E-state index contributed by atoms with van der Waals surface area (Å²) < 4.78 is 0. The number of nitrogens with zero attached hydrogens (tertiary/aromatic N) is 2.